The van der Waals surface area contributed by atoms with Gasteiger partial charge in [-0.15, -0.1) is 10.2 Å². The van der Waals surface area contributed by atoms with Gasteiger partial charge >= 0.3 is 0 Å². The maximum absolute atomic E-state index is 12.9. The number of rotatable bonds is 6. The van der Waals surface area contributed by atoms with Crippen molar-refractivity contribution in [2.45, 2.75) is 49.7 Å². The zero-order chi connectivity index (χ0) is 22.1. The van der Waals surface area contributed by atoms with Crippen molar-refractivity contribution in [3.05, 3.63) is 29.3 Å². The Kier molecular flexibility index (Phi) is 6.42. The van der Waals surface area contributed by atoms with E-state index in [0.717, 1.165) is 42.2 Å². The summed E-state index contributed by atoms with van der Waals surface area (Å²) in [5.74, 6) is 1.70. The Morgan fingerprint density at radius 3 is 2.34 bits per heavy atom. The van der Waals surface area contributed by atoms with E-state index in [-0.39, 0.29) is 17.7 Å². The highest BCUT2D eigenvalue weighted by atomic mass is 35.5. The quantitative estimate of drug-likeness (QED) is 0.595. The van der Waals surface area contributed by atoms with Gasteiger partial charge in [-0.1, -0.05) is 48.3 Å². The molecule has 5 rings (SSSR count). The van der Waals surface area contributed by atoms with Gasteiger partial charge in [0.05, 0.1) is 10.8 Å². The maximum atomic E-state index is 12.9. The predicted octanol–water partition coefficient (Wildman–Crippen LogP) is 3.89. The smallest absolute Gasteiger partial charge is 0.233 e. The van der Waals surface area contributed by atoms with Gasteiger partial charge in [0.1, 0.15) is 0 Å². The number of amides is 2. The van der Waals surface area contributed by atoms with Crippen LogP contribution in [0, 0.1) is 5.92 Å². The number of piperazine rings is 1. The molecule has 0 N–H and O–H groups in total. The second-order valence-corrected chi connectivity index (χ2v) is 10.2. The Morgan fingerprint density at radius 2 is 1.66 bits per heavy atom. The monoisotopic (exact) mass is 473 g/mol. The number of hydrogen-bond acceptors (Lipinski definition) is 5. The van der Waals surface area contributed by atoms with E-state index in [1.54, 1.807) is 0 Å². The molecule has 0 spiro atoms. The van der Waals surface area contributed by atoms with Gasteiger partial charge < -0.3 is 9.80 Å². The fourth-order valence-electron chi connectivity index (χ4n) is 4.68. The second kappa shape index (κ2) is 9.43. The van der Waals surface area contributed by atoms with Crippen molar-refractivity contribution in [1.82, 2.24) is 24.6 Å². The summed E-state index contributed by atoms with van der Waals surface area (Å²) in [6.45, 7) is 2.50. The van der Waals surface area contributed by atoms with Gasteiger partial charge in [-0.25, -0.2) is 0 Å². The van der Waals surface area contributed by atoms with Gasteiger partial charge in [-0.2, -0.15) is 0 Å². The molecule has 0 unspecified atom stereocenters. The highest BCUT2D eigenvalue weighted by molar-refractivity contribution is 7.99. The third-order valence-electron chi connectivity index (χ3n) is 6.66. The van der Waals surface area contributed by atoms with E-state index < -0.39 is 0 Å². The Balaban J connectivity index is 1.26. The van der Waals surface area contributed by atoms with E-state index in [2.05, 4.69) is 14.8 Å². The first-order chi connectivity index (χ1) is 15.6. The minimum atomic E-state index is 0.0915. The first kappa shape index (κ1) is 21.8. The SMILES string of the molecule is O=C(CSc1nnc(-c2ccccc2Cl)n1C1CCCC1)N1CCN(C(=O)C2CC2)CC1. The molecule has 2 amide bonds. The summed E-state index contributed by atoms with van der Waals surface area (Å²) in [6.07, 6.45) is 6.61. The van der Waals surface area contributed by atoms with Crippen molar-refractivity contribution in [3.63, 3.8) is 0 Å². The van der Waals surface area contributed by atoms with Crippen LogP contribution in [-0.2, 0) is 9.59 Å². The molecular formula is C23H28ClN5O2S. The minimum absolute atomic E-state index is 0.0915. The van der Waals surface area contributed by atoms with E-state index in [4.69, 9.17) is 11.6 Å². The lowest BCUT2D eigenvalue weighted by molar-refractivity contribution is -0.139. The molecule has 32 heavy (non-hydrogen) atoms. The number of nitrogens with zero attached hydrogens (tertiary/aromatic N) is 5. The van der Waals surface area contributed by atoms with Crippen molar-refractivity contribution in [1.29, 1.82) is 0 Å². The van der Waals surface area contributed by atoms with Crippen molar-refractivity contribution in [2.75, 3.05) is 31.9 Å². The molecule has 2 saturated carbocycles. The molecule has 170 valence electrons. The summed E-state index contributed by atoms with van der Waals surface area (Å²) >= 11 is 7.91. The van der Waals surface area contributed by atoms with Crippen LogP contribution >= 0.6 is 23.4 Å². The Labute approximate surface area is 197 Å². The minimum Gasteiger partial charge on any atom is -0.339 e. The average molecular weight is 474 g/mol. The van der Waals surface area contributed by atoms with Gasteiger partial charge in [0.2, 0.25) is 11.8 Å². The van der Waals surface area contributed by atoms with E-state index in [1.165, 1.54) is 24.6 Å². The van der Waals surface area contributed by atoms with Crippen molar-refractivity contribution in [2.24, 2.45) is 5.92 Å². The molecule has 3 fully saturated rings. The van der Waals surface area contributed by atoms with Crippen LogP contribution in [0.1, 0.15) is 44.6 Å². The van der Waals surface area contributed by atoms with Crippen molar-refractivity contribution < 1.29 is 9.59 Å². The maximum Gasteiger partial charge on any atom is 0.233 e. The Bertz CT molecular complexity index is 994. The summed E-state index contributed by atoms with van der Waals surface area (Å²) in [4.78, 5) is 28.9. The molecule has 2 aromatic rings. The normalized spacial score (nSPS) is 19.5. The van der Waals surface area contributed by atoms with Gasteiger partial charge in [0.25, 0.3) is 0 Å². The Hall–Kier alpha value is -2.06. The number of carbonyl (C=O) groups is 2. The van der Waals surface area contributed by atoms with E-state index in [0.29, 0.717) is 43.0 Å². The average Bonchev–Trinajstić information content (AvgIpc) is 3.36. The highest BCUT2D eigenvalue weighted by Gasteiger charge is 2.35. The summed E-state index contributed by atoms with van der Waals surface area (Å²) in [6, 6.07) is 8.05. The number of carbonyl (C=O) groups excluding carboxylic acids is 2. The molecule has 0 atom stereocenters. The first-order valence-corrected chi connectivity index (χ1v) is 12.9. The number of hydrogen-bond donors (Lipinski definition) is 0. The summed E-state index contributed by atoms with van der Waals surface area (Å²) in [5, 5.41) is 10.4. The van der Waals surface area contributed by atoms with Crippen molar-refractivity contribution >= 4 is 35.2 Å². The van der Waals surface area contributed by atoms with Crippen molar-refractivity contribution in [3.8, 4) is 11.4 Å². The topological polar surface area (TPSA) is 71.3 Å². The van der Waals surface area contributed by atoms with Crippen LogP contribution in [0.3, 0.4) is 0 Å². The molecule has 1 aliphatic heterocycles. The molecular weight excluding hydrogens is 446 g/mol. The largest absolute Gasteiger partial charge is 0.339 e. The fourth-order valence-corrected chi connectivity index (χ4v) is 5.80. The standard InChI is InChI=1S/C23H28ClN5O2S/c24-19-8-4-3-7-18(19)21-25-26-23(29(21)17-5-1-2-6-17)32-15-20(30)27-11-13-28(14-12-27)22(31)16-9-10-16/h3-4,7-8,16-17H,1-2,5-6,9-15H2. The van der Waals surface area contributed by atoms with Gasteiger partial charge in [-0.05, 0) is 37.8 Å². The number of halogens is 1. The number of benzene rings is 1. The van der Waals surface area contributed by atoms with Crippen LogP contribution in [0.4, 0.5) is 0 Å². The van der Waals surface area contributed by atoms with Crippen LogP contribution in [0.5, 0.6) is 0 Å². The van der Waals surface area contributed by atoms with Crippen LogP contribution in [0.25, 0.3) is 11.4 Å². The van der Waals surface area contributed by atoms with E-state index >= 15 is 0 Å². The van der Waals surface area contributed by atoms with Crippen LogP contribution in [0.2, 0.25) is 5.02 Å². The summed E-state index contributed by atoms with van der Waals surface area (Å²) in [7, 11) is 0. The molecule has 1 aromatic carbocycles. The van der Waals surface area contributed by atoms with Crippen LogP contribution in [0.15, 0.2) is 29.4 Å². The molecule has 7 nitrogen and oxygen atoms in total. The lowest BCUT2D eigenvalue weighted by atomic mass is 10.2. The predicted molar refractivity (Wildman–Crippen MR) is 125 cm³/mol. The number of aromatic nitrogens is 3. The molecule has 2 heterocycles. The molecule has 3 aliphatic rings. The molecule has 0 bridgehead atoms. The molecule has 2 aliphatic carbocycles. The summed E-state index contributed by atoms with van der Waals surface area (Å²) in [5.41, 5.74) is 0.878. The third kappa shape index (κ3) is 4.53. The van der Waals surface area contributed by atoms with Crippen LogP contribution < -0.4 is 0 Å². The highest BCUT2D eigenvalue weighted by Crippen LogP contribution is 2.38. The number of thioether (sulfide) groups is 1. The lowest BCUT2D eigenvalue weighted by Gasteiger charge is -2.34. The molecule has 0 radical (unpaired) electrons. The summed E-state index contributed by atoms with van der Waals surface area (Å²) < 4.78 is 2.19. The van der Waals surface area contributed by atoms with E-state index in [1.807, 2.05) is 34.1 Å². The zero-order valence-electron chi connectivity index (χ0n) is 18.1. The molecule has 1 aromatic heterocycles. The third-order valence-corrected chi connectivity index (χ3v) is 7.92. The zero-order valence-corrected chi connectivity index (χ0v) is 19.7. The first-order valence-electron chi connectivity index (χ1n) is 11.5. The lowest BCUT2D eigenvalue weighted by Crippen LogP contribution is -2.51. The van der Waals surface area contributed by atoms with E-state index in [9.17, 15) is 9.59 Å². The second-order valence-electron chi connectivity index (χ2n) is 8.86. The Morgan fingerprint density at radius 1 is 0.969 bits per heavy atom. The van der Waals surface area contributed by atoms with Gasteiger partial charge in [0, 0.05) is 43.7 Å². The molecule has 9 heteroatoms. The van der Waals surface area contributed by atoms with Gasteiger partial charge in [0.15, 0.2) is 11.0 Å². The molecule has 1 saturated heterocycles. The fraction of sp³-hybridized carbons (Fsp3) is 0.565. The van der Waals surface area contributed by atoms with Gasteiger partial charge in [-0.3, -0.25) is 14.2 Å². The van der Waals surface area contributed by atoms with Crippen LogP contribution in [-0.4, -0.2) is 68.3 Å².